The highest BCUT2D eigenvalue weighted by atomic mass is 16.4. The number of carbonyl (C=O) groups is 2. The smallest absolute Gasteiger partial charge is 0.311 e. The average Bonchev–Trinajstić information content (AvgIpc) is 3.20. The van der Waals surface area contributed by atoms with Gasteiger partial charge in [0.05, 0.1) is 11.8 Å². The lowest BCUT2D eigenvalue weighted by molar-refractivity contribution is -0.149. The van der Waals surface area contributed by atoms with Gasteiger partial charge >= 0.3 is 5.97 Å². The molecule has 1 saturated heterocycles. The Hall–Kier alpha value is -1.84. The zero-order valence-corrected chi connectivity index (χ0v) is 13.4. The second kappa shape index (κ2) is 5.36. The third-order valence-electron chi connectivity index (χ3n) is 6.17. The van der Waals surface area contributed by atoms with Crippen molar-refractivity contribution in [2.45, 2.75) is 44.9 Å². The van der Waals surface area contributed by atoms with Gasteiger partial charge in [0.25, 0.3) is 0 Å². The number of nitrogens with zero attached hydrogens (tertiary/aromatic N) is 1. The Morgan fingerprint density at radius 3 is 2.83 bits per heavy atom. The molecule has 2 atom stereocenters. The fourth-order valence-corrected chi connectivity index (χ4v) is 4.85. The number of aliphatic carboxylic acids is 1. The number of fused-ring (bicyclic) bond motifs is 2. The minimum absolute atomic E-state index is 0.0815. The normalized spacial score (nSPS) is 28.7. The topological polar surface area (TPSA) is 57.6 Å². The van der Waals surface area contributed by atoms with Crippen molar-refractivity contribution in [1.29, 1.82) is 0 Å². The van der Waals surface area contributed by atoms with Gasteiger partial charge in [-0.3, -0.25) is 9.59 Å². The molecule has 0 spiro atoms. The number of benzene rings is 1. The maximum Gasteiger partial charge on any atom is 0.311 e. The van der Waals surface area contributed by atoms with E-state index in [0.29, 0.717) is 19.5 Å². The number of likely N-dealkylation sites (tertiary alicyclic amines) is 1. The molecule has 0 bridgehead atoms. The molecule has 4 nitrogen and oxygen atoms in total. The van der Waals surface area contributed by atoms with Crippen LogP contribution >= 0.6 is 0 Å². The molecule has 2 fully saturated rings. The molecule has 4 rings (SSSR count). The van der Waals surface area contributed by atoms with Gasteiger partial charge in [0, 0.05) is 13.1 Å². The van der Waals surface area contributed by atoms with E-state index in [1.165, 1.54) is 17.5 Å². The van der Waals surface area contributed by atoms with Crippen molar-refractivity contribution < 1.29 is 14.7 Å². The zero-order valence-electron chi connectivity index (χ0n) is 13.4. The van der Waals surface area contributed by atoms with Crippen molar-refractivity contribution in [2.75, 3.05) is 13.1 Å². The molecule has 0 radical (unpaired) electrons. The predicted octanol–water partition coefficient (Wildman–Crippen LogP) is 2.43. The van der Waals surface area contributed by atoms with Crippen molar-refractivity contribution in [3.8, 4) is 0 Å². The van der Waals surface area contributed by atoms with Crippen LogP contribution in [0.4, 0.5) is 0 Å². The number of rotatable bonds is 3. The molecule has 4 heteroatoms. The molecule has 23 heavy (non-hydrogen) atoms. The van der Waals surface area contributed by atoms with Crippen LogP contribution < -0.4 is 0 Å². The minimum Gasteiger partial charge on any atom is -0.481 e. The second-order valence-corrected chi connectivity index (χ2v) is 7.46. The van der Waals surface area contributed by atoms with Crippen molar-refractivity contribution in [3.05, 3.63) is 34.9 Å². The van der Waals surface area contributed by atoms with Gasteiger partial charge in [0.1, 0.15) is 0 Å². The van der Waals surface area contributed by atoms with Crippen molar-refractivity contribution >= 4 is 11.9 Å². The van der Waals surface area contributed by atoms with Gasteiger partial charge in [0.15, 0.2) is 0 Å². The zero-order chi connectivity index (χ0) is 16.0. The molecule has 2 aliphatic carbocycles. The Labute approximate surface area is 136 Å². The summed E-state index contributed by atoms with van der Waals surface area (Å²) in [5.74, 6) is -0.491. The van der Waals surface area contributed by atoms with Crippen LogP contribution in [0.2, 0.25) is 0 Å². The fourth-order valence-electron chi connectivity index (χ4n) is 4.85. The Morgan fingerprint density at radius 2 is 2.04 bits per heavy atom. The van der Waals surface area contributed by atoms with Crippen LogP contribution in [0.1, 0.15) is 42.4 Å². The van der Waals surface area contributed by atoms with Crippen LogP contribution in [0.25, 0.3) is 0 Å². The Morgan fingerprint density at radius 1 is 1.22 bits per heavy atom. The summed E-state index contributed by atoms with van der Waals surface area (Å²) < 4.78 is 0. The van der Waals surface area contributed by atoms with E-state index in [4.69, 9.17) is 0 Å². The molecular weight excluding hydrogens is 290 g/mol. The van der Waals surface area contributed by atoms with Crippen LogP contribution in [0.3, 0.4) is 0 Å². The lowest BCUT2D eigenvalue weighted by Crippen LogP contribution is -2.37. The molecule has 3 aliphatic rings. The number of carbonyl (C=O) groups excluding carboxylic acids is 1. The van der Waals surface area contributed by atoms with Crippen LogP contribution in [0, 0.1) is 11.3 Å². The molecule has 1 aromatic rings. The van der Waals surface area contributed by atoms with Crippen LogP contribution in [-0.4, -0.2) is 35.0 Å². The lowest BCUT2D eigenvalue weighted by Gasteiger charge is -2.23. The average molecular weight is 313 g/mol. The molecule has 122 valence electrons. The summed E-state index contributed by atoms with van der Waals surface area (Å²) in [6, 6.07) is 6.39. The van der Waals surface area contributed by atoms with E-state index >= 15 is 0 Å². The molecule has 1 amide bonds. The van der Waals surface area contributed by atoms with E-state index in [1.807, 2.05) is 0 Å². The number of carboxylic acid groups (broad SMARTS) is 1. The van der Waals surface area contributed by atoms with E-state index in [1.54, 1.807) is 4.90 Å². The third-order valence-corrected chi connectivity index (χ3v) is 6.17. The van der Waals surface area contributed by atoms with E-state index in [-0.39, 0.29) is 11.8 Å². The maximum atomic E-state index is 12.6. The Bertz CT molecular complexity index is 669. The molecule has 1 aromatic carbocycles. The summed E-state index contributed by atoms with van der Waals surface area (Å²) in [7, 11) is 0. The molecule has 0 aromatic heterocycles. The molecule has 0 unspecified atom stereocenters. The van der Waals surface area contributed by atoms with Gasteiger partial charge < -0.3 is 10.0 Å². The lowest BCUT2D eigenvalue weighted by atomic mass is 9.81. The molecule has 1 saturated carbocycles. The summed E-state index contributed by atoms with van der Waals surface area (Å²) >= 11 is 0. The van der Waals surface area contributed by atoms with Crippen LogP contribution in [0.15, 0.2) is 18.2 Å². The third kappa shape index (κ3) is 2.35. The molecule has 1 N–H and O–H groups in total. The van der Waals surface area contributed by atoms with Gasteiger partial charge in [-0.1, -0.05) is 24.6 Å². The quantitative estimate of drug-likeness (QED) is 0.932. The largest absolute Gasteiger partial charge is 0.481 e. The van der Waals surface area contributed by atoms with E-state index in [9.17, 15) is 14.7 Å². The molecular formula is C19H23NO3. The van der Waals surface area contributed by atoms with E-state index in [0.717, 1.165) is 37.7 Å². The van der Waals surface area contributed by atoms with Crippen LogP contribution in [0.5, 0.6) is 0 Å². The van der Waals surface area contributed by atoms with Crippen LogP contribution in [-0.2, 0) is 28.9 Å². The van der Waals surface area contributed by atoms with Gasteiger partial charge in [-0.25, -0.2) is 0 Å². The SMILES string of the molecule is O=C(Cc1ccc2c(c1)CCC2)N1C[C@@H]2CCC[C@@]2(C(=O)O)C1. The summed E-state index contributed by atoms with van der Waals surface area (Å²) in [6.45, 7) is 1.02. The summed E-state index contributed by atoms with van der Waals surface area (Å²) in [5.41, 5.74) is 3.20. The highest BCUT2D eigenvalue weighted by Gasteiger charge is 2.55. The minimum atomic E-state index is -0.715. The van der Waals surface area contributed by atoms with Gasteiger partial charge in [-0.15, -0.1) is 0 Å². The summed E-state index contributed by atoms with van der Waals surface area (Å²) in [5, 5.41) is 9.63. The van der Waals surface area contributed by atoms with Gasteiger partial charge in [-0.2, -0.15) is 0 Å². The van der Waals surface area contributed by atoms with Gasteiger partial charge in [0.2, 0.25) is 5.91 Å². The Balaban J connectivity index is 1.47. The highest BCUT2D eigenvalue weighted by Crippen LogP contribution is 2.48. The molecule has 1 heterocycles. The Kier molecular flexibility index (Phi) is 3.43. The number of amides is 1. The first-order valence-corrected chi connectivity index (χ1v) is 8.70. The first-order chi connectivity index (χ1) is 11.1. The fraction of sp³-hybridized carbons (Fsp3) is 0.579. The number of aryl methyl sites for hydroxylation is 2. The second-order valence-electron chi connectivity index (χ2n) is 7.46. The number of hydrogen-bond donors (Lipinski definition) is 1. The van der Waals surface area contributed by atoms with Crippen molar-refractivity contribution in [3.63, 3.8) is 0 Å². The maximum absolute atomic E-state index is 12.6. The number of carboxylic acids is 1. The molecule has 1 aliphatic heterocycles. The number of hydrogen-bond acceptors (Lipinski definition) is 2. The standard InChI is InChI=1S/C19H23NO3/c21-17(10-13-6-7-14-3-1-4-15(14)9-13)20-11-16-5-2-8-19(16,12-20)18(22)23/h6-7,9,16H,1-5,8,10-12H2,(H,22,23)/t16-,19+/m0/s1. The first-order valence-electron chi connectivity index (χ1n) is 8.70. The van der Waals surface area contributed by atoms with E-state index < -0.39 is 11.4 Å². The monoisotopic (exact) mass is 313 g/mol. The van der Waals surface area contributed by atoms with E-state index in [2.05, 4.69) is 18.2 Å². The first kappa shape index (κ1) is 14.7. The van der Waals surface area contributed by atoms with Crippen molar-refractivity contribution in [1.82, 2.24) is 4.90 Å². The summed E-state index contributed by atoms with van der Waals surface area (Å²) in [4.78, 5) is 26.2. The van der Waals surface area contributed by atoms with Gasteiger partial charge in [-0.05, 0) is 54.7 Å². The predicted molar refractivity (Wildman–Crippen MR) is 86.2 cm³/mol. The highest BCUT2D eigenvalue weighted by molar-refractivity contribution is 5.82. The summed E-state index contributed by atoms with van der Waals surface area (Å²) in [6.07, 6.45) is 6.51. The van der Waals surface area contributed by atoms with Crippen molar-refractivity contribution in [2.24, 2.45) is 11.3 Å².